The second kappa shape index (κ2) is 8.39. The van der Waals surface area contributed by atoms with Gasteiger partial charge in [0.2, 0.25) is 0 Å². The van der Waals surface area contributed by atoms with Crippen molar-refractivity contribution in [2.75, 3.05) is 11.9 Å². The predicted molar refractivity (Wildman–Crippen MR) is 93.8 cm³/mol. The molecule has 29 heavy (non-hydrogen) atoms. The third kappa shape index (κ3) is 5.25. The van der Waals surface area contributed by atoms with Crippen LogP contribution in [-0.2, 0) is 23.4 Å². The number of imidazole rings is 1. The van der Waals surface area contributed by atoms with Crippen LogP contribution in [0.15, 0.2) is 12.7 Å². The minimum absolute atomic E-state index is 0.0572. The lowest BCUT2D eigenvalue weighted by Crippen LogP contribution is -2.32. The Bertz CT molecular complexity index is 960. The molecule has 1 saturated heterocycles. The smallest absolute Gasteiger partial charge is 0.469 e. The molecule has 3 heterocycles. The number of carbonyl (C=O) groups is 2. The number of ether oxygens (including phenoxy) is 1. The van der Waals surface area contributed by atoms with Crippen molar-refractivity contribution in [2.24, 2.45) is 0 Å². The van der Waals surface area contributed by atoms with Gasteiger partial charge in [-0.2, -0.15) is 0 Å². The minimum Gasteiger partial charge on any atom is -0.481 e. The molecule has 14 nitrogen and oxygen atoms in total. The van der Waals surface area contributed by atoms with Crippen molar-refractivity contribution in [2.45, 2.75) is 37.6 Å². The summed E-state index contributed by atoms with van der Waals surface area (Å²) in [6.45, 7) is -0.273. The molecule has 0 aliphatic carbocycles. The number of aromatic nitrogens is 4. The van der Waals surface area contributed by atoms with E-state index in [0.29, 0.717) is 18.5 Å². The lowest BCUT2D eigenvalue weighted by molar-refractivity contribution is -0.144. The lowest BCUT2D eigenvalue weighted by atomic mass is 10.2. The first-order valence-electron chi connectivity index (χ1n) is 8.38. The minimum atomic E-state index is -4.59. The zero-order valence-electron chi connectivity index (χ0n) is 14.8. The molecule has 0 radical (unpaired) electrons. The highest BCUT2D eigenvalue weighted by Gasteiger charge is 2.31. The highest BCUT2D eigenvalue weighted by Crippen LogP contribution is 2.38. The van der Waals surface area contributed by atoms with Crippen molar-refractivity contribution in [3.63, 3.8) is 0 Å². The molecular weight excluding hydrogens is 413 g/mol. The Morgan fingerprint density at radius 1 is 1.31 bits per heavy atom. The summed E-state index contributed by atoms with van der Waals surface area (Å²) in [6.07, 6.45) is 1.86. The van der Waals surface area contributed by atoms with Gasteiger partial charge in [-0.3, -0.25) is 13.9 Å². The number of hydrogen-bond donors (Lipinski definition) is 5. The summed E-state index contributed by atoms with van der Waals surface area (Å²) >= 11 is 0. The summed E-state index contributed by atoms with van der Waals surface area (Å²) in [7, 11) is -4.59. The maximum absolute atomic E-state index is 11.3. The summed E-state index contributed by atoms with van der Waals surface area (Å²) in [4.78, 5) is 51.9. The Labute approximate surface area is 162 Å². The van der Waals surface area contributed by atoms with Gasteiger partial charge in [0.25, 0.3) is 0 Å². The number of nitrogens with one attached hydrogen (secondary N) is 1. The van der Waals surface area contributed by atoms with Gasteiger partial charge in [0, 0.05) is 0 Å². The zero-order chi connectivity index (χ0) is 21.2. The fourth-order valence-electron chi connectivity index (χ4n) is 2.90. The van der Waals surface area contributed by atoms with Gasteiger partial charge in [0.15, 0.2) is 17.0 Å². The second-order valence-corrected chi connectivity index (χ2v) is 7.50. The van der Waals surface area contributed by atoms with Gasteiger partial charge in [-0.05, 0) is 12.8 Å². The van der Waals surface area contributed by atoms with E-state index in [1.54, 1.807) is 4.57 Å². The van der Waals surface area contributed by atoms with E-state index >= 15 is 0 Å². The third-order valence-corrected chi connectivity index (χ3v) is 4.66. The largest absolute Gasteiger partial charge is 0.481 e. The number of aliphatic carboxylic acids is 2. The molecule has 2 unspecified atom stereocenters. The number of carboxylic acid groups (broad SMARTS) is 2. The second-order valence-electron chi connectivity index (χ2n) is 6.26. The molecule has 0 saturated carbocycles. The van der Waals surface area contributed by atoms with Gasteiger partial charge in [-0.1, -0.05) is 0 Å². The molecule has 1 aliphatic heterocycles. The van der Waals surface area contributed by atoms with Gasteiger partial charge in [0.05, 0.1) is 25.5 Å². The van der Waals surface area contributed by atoms with Crippen LogP contribution in [0.1, 0.15) is 25.5 Å². The Morgan fingerprint density at radius 3 is 2.72 bits per heavy atom. The monoisotopic (exact) mass is 431 g/mol. The topological polar surface area (TPSA) is 206 Å². The van der Waals surface area contributed by atoms with Crippen molar-refractivity contribution < 1.29 is 43.4 Å². The van der Waals surface area contributed by atoms with Gasteiger partial charge in [-0.25, -0.2) is 24.3 Å². The van der Waals surface area contributed by atoms with E-state index in [-0.39, 0.29) is 17.9 Å². The van der Waals surface area contributed by atoms with E-state index in [4.69, 9.17) is 19.6 Å². The number of rotatable bonds is 9. The highest BCUT2D eigenvalue weighted by atomic mass is 31.2. The van der Waals surface area contributed by atoms with E-state index in [1.807, 2.05) is 0 Å². The Morgan fingerprint density at radius 2 is 2.07 bits per heavy atom. The molecule has 1 fully saturated rings. The van der Waals surface area contributed by atoms with E-state index in [1.165, 1.54) is 12.7 Å². The normalized spacial score (nSPS) is 20.6. The van der Waals surface area contributed by atoms with Crippen LogP contribution in [0, 0.1) is 0 Å². The fourth-order valence-corrected chi connectivity index (χ4v) is 3.26. The SMILES string of the molecule is O=C(O)C[C@H](Nc1ncnc2c1ncn2C1CCC(COP(=O)(O)O)O1)C(=O)O. The molecule has 0 amide bonds. The molecule has 3 rings (SSSR count). The van der Waals surface area contributed by atoms with Crippen molar-refractivity contribution in [3.05, 3.63) is 12.7 Å². The Hall–Kier alpha value is -2.64. The quantitative estimate of drug-likeness (QED) is 0.331. The molecule has 158 valence electrons. The number of anilines is 1. The Kier molecular flexibility index (Phi) is 6.10. The zero-order valence-corrected chi connectivity index (χ0v) is 15.7. The highest BCUT2D eigenvalue weighted by molar-refractivity contribution is 7.46. The lowest BCUT2D eigenvalue weighted by Gasteiger charge is -2.16. The van der Waals surface area contributed by atoms with E-state index in [2.05, 4.69) is 24.8 Å². The standard InChI is InChI=1S/C14H18N5O9P/c20-10(21)3-8(14(22)23)18-12-11-13(16-5-15-12)19(6-17-11)9-2-1-7(28-9)4-27-29(24,25)26/h5-9H,1-4H2,(H,20,21)(H,22,23)(H,15,16,18)(H2,24,25,26)/t7?,8-,9?/m0/s1. The first kappa shape index (κ1) is 21.1. The summed E-state index contributed by atoms with van der Waals surface area (Å²) < 4.78 is 22.6. The van der Waals surface area contributed by atoms with Crippen LogP contribution < -0.4 is 5.32 Å². The van der Waals surface area contributed by atoms with Crippen LogP contribution in [0.4, 0.5) is 5.82 Å². The third-order valence-electron chi connectivity index (χ3n) is 4.17. The van der Waals surface area contributed by atoms with E-state index < -0.39 is 44.6 Å². The number of fused-ring (bicyclic) bond motifs is 1. The maximum Gasteiger partial charge on any atom is 0.469 e. The van der Waals surface area contributed by atoms with Crippen LogP contribution in [0.25, 0.3) is 11.2 Å². The van der Waals surface area contributed by atoms with Crippen LogP contribution >= 0.6 is 7.82 Å². The average molecular weight is 431 g/mol. The molecule has 2 aromatic heterocycles. The number of phosphoric ester groups is 1. The number of phosphoric acid groups is 1. The van der Waals surface area contributed by atoms with Crippen LogP contribution in [0.2, 0.25) is 0 Å². The number of hydrogen-bond acceptors (Lipinski definition) is 9. The van der Waals surface area contributed by atoms with Gasteiger partial charge < -0.3 is 30.1 Å². The number of nitrogens with zero attached hydrogens (tertiary/aromatic N) is 4. The molecule has 0 spiro atoms. The van der Waals surface area contributed by atoms with Crippen molar-refractivity contribution in [1.29, 1.82) is 0 Å². The summed E-state index contributed by atoms with van der Waals surface area (Å²) in [6, 6.07) is -1.41. The summed E-state index contributed by atoms with van der Waals surface area (Å²) in [5, 5.41) is 20.6. The maximum atomic E-state index is 11.3. The molecule has 15 heteroatoms. The molecule has 0 aromatic carbocycles. The molecule has 1 aliphatic rings. The van der Waals surface area contributed by atoms with Gasteiger partial charge >= 0.3 is 19.8 Å². The molecule has 5 N–H and O–H groups in total. The summed E-state index contributed by atoms with van der Waals surface area (Å²) in [5.74, 6) is -2.59. The van der Waals surface area contributed by atoms with Crippen LogP contribution in [-0.4, -0.2) is 70.2 Å². The van der Waals surface area contributed by atoms with E-state index in [0.717, 1.165) is 0 Å². The molecule has 2 aromatic rings. The van der Waals surface area contributed by atoms with Crippen LogP contribution in [0.5, 0.6) is 0 Å². The van der Waals surface area contributed by atoms with Crippen molar-refractivity contribution >= 4 is 36.7 Å². The molecule has 3 atom stereocenters. The summed E-state index contributed by atoms with van der Waals surface area (Å²) in [5.41, 5.74) is 0.547. The fraction of sp³-hybridized carbons (Fsp3) is 0.500. The van der Waals surface area contributed by atoms with Gasteiger partial charge in [-0.15, -0.1) is 0 Å². The number of carboxylic acids is 2. The van der Waals surface area contributed by atoms with Crippen molar-refractivity contribution in [1.82, 2.24) is 19.5 Å². The first-order valence-corrected chi connectivity index (χ1v) is 9.91. The molecular formula is C14H18N5O9P. The van der Waals surface area contributed by atoms with E-state index in [9.17, 15) is 19.3 Å². The first-order chi connectivity index (χ1) is 13.6. The van der Waals surface area contributed by atoms with Gasteiger partial charge in [0.1, 0.15) is 18.6 Å². The molecule has 0 bridgehead atoms. The van der Waals surface area contributed by atoms with Crippen molar-refractivity contribution in [3.8, 4) is 0 Å². The average Bonchev–Trinajstić information content (AvgIpc) is 3.25. The Balaban J connectivity index is 1.77. The van der Waals surface area contributed by atoms with Crippen LogP contribution in [0.3, 0.4) is 0 Å². The predicted octanol–water partition coefficient (Wildman–Crippen LogP) is -0.0470.